The van der Waals surface area contributed by atoms with E-state index in [1.807, 2.05) is 0 Å². The van der Waals surface area contributed by atoms with E-state index in [2.05, 4.69) is 59.0 Å². The highest BCUT2D eigenvalue weighted by atomic mass is 16.3. The number of nitrogens with zero attached hydrogens (tertiary/aromatic N) is 1. The van der Waals surface area contributed by atoms with Gasteiger partial charge in [0, 0.05) is 16.9 Å². The molecule has 1 fully saturated rings. The van der Waals surface area contributed by atoms with E-state index in [9.17, 15) is 0 Å². The predicted octanol–water partition coefficient (Wildman–Crippen LogP) is 4.33. The molecule has 2 aliphatic rings. The summed E-state index contributed by atoms with van der Waals surface area (Å²) >= 11 is 0. The van der Waals surface area contributed by atoms with Gasteiger partial charge in [-0.1, -0.05) is 41.5 Å². The Hall–Kier alpha value is -1.35. The van der Waals surface area contributed by atoms with Gasteiger partial charge in [-0.3, -0.25) is 0 Å². The van der Waals surface area contributed by atoms with Gasteiger partial charge in [-0.15, -0.1) is 0 Å². The van der Waals surface area contributed by atoms with Crippen LogP contribution in [0.25, 0.3) is 11.1 Å². The van der Waals surface area contributed by atoms with Crippen LogP contribution < -0.4 is 5.32 Å². The molecule has 1 aromatic carbocycles. The average molecular weight is 312 g/mol. The van der Waals surface area contributed by atoms with Crippen LogP contribution in [0.2, 0.25) is 0 Å². The maximum Gasteiger partial charge on any atom is 0.200 e. The van der Waals surface area contributed by atoms with Crippen LogP contribution in [0.5, 0.6) is 0 Å². The van der Waals surface area contributed by atoms with E-state index < -0.39 is 0 Å². The SMILES string of the molecule is CC(C)(C)c1nc2cc3c(cc2o1)C[C@@H]1NCC[C@]3(C)C1(C)C. The molecule has 0 amide bonds. The Morgan fingerprint density at radius 2 is 1.96 bits per heavy atom. The zero-order valence-electron chi connectivity index (χ0n) is 15.2. The molecule has 2 aromatic rings. The summed E-state index contributed by atoms with van der Waals surface area (Å²) in [5, 5.41) is 3.74. The van der Waals surface area contributed by atoms with Crippen molar-refractivity contribution >= 4 is 11.1 Å². The normalized spacial score (nSPS) is 29.6. The van der Waals surface area contributed by atoms with Crippen LogP contribution in [0.4, 0.5) is 0 Å². The number of benzene rings is 1. The highest BCUT2D eigenvalue weighted by Gasteiger charge is 2.53. The third-order valence-electron chi connectivity index (χ3n) is 6.58. The quantitative estimate of drug-likeness (QED) is 0.787. The van der Waals surface area contributed by atoms with Gasteiger partial charge in [-0.2, -0.15) is 0 Å². The van der Waals surface area contributed by atoms with Gasteiger partial charge < -0.3 is 9.73 Å². The first-order valence-corrected chi connectivity index (χ1v) is 8.81. The standard InChI is InChI=1S/C20H28N2O/c1-18(2,3)17-22-14-11-13-12(9-15(14)23-17)10-16-19(4,5)20(13,6)7-8-21-16/h9,11,16,21H,7-8,10H2,1-6H3/t16-,20-/m0/s1. The lowest BCUT2D eigenvalue weighted by atomic mass is 9.51. The summed E-state index contributed by atoms with van der Waals surface area (Å²) in [5.74, 6) is 0.834. The second-order valence-corrected chi connectivity index (χ2v) is 9.26. The fraction of sp³-hybridized carbons (Fsp3) is 0.650. The zero-order chi connectivity index (χ0) is 16.6. The molecule has 2 bridgehead atoms. The van der Waals surface area contributed by atoms with Gasteiger partial charge in [0.1, 0.15) is 5.52 Å². The van der Waals surface area contributed by atoms with E-state index in [1.54, 1.807) is 0 Å². The third-order valence-corrected chi connectivity index (χ3v) is 6.58. The lowest BCUT2D eigenvalue weighted by molar-refractivity contribution is 0.0561. The van der Waals surface area contributed by atoms with Gasteiger partial charge in [0.05, 0.1) is 0 Å². The van der Waals surface area contributed by atoms with E-state index in [4.69, 9.17) is 9.40 Å². The van der Waals surface area contributed by atoms with Crippen molar-refractivity contribution in [3.63, 3.8) is 0 Å². The van der Waals surface area contributed by atoms with Crippen molar-refractivity contribution in [2.24, 2.45) is 5.41 Å². The highest BCUT2D eigenvalue weighted by molar-refractivity contribution is 5.76. The minimum Gasteiger partial charge on any atom is -0.440 e. The summed E-state index contributed by atoms with van der Waals surface area (Å²) in [7, 11) is 0. The maximum atomic E-state index is 6.07. The molecule has 0 unspecified atom stereocenters. The molecule has 124 valence electrons. The van der Waals surface area contributed by atoms with Crippen molar-refractivity contribution in [3.05, 3.63) is 29.2 Å². The first kappa shape index (κ1) is 15.2. The monoisotopic (exact) mass is 312 g/mol. The first-order chi connectivity index (χ1) is 10.6. The second-order valence-electron chi connectivity index (χ2n) is 9.26. The van der Waals surface area contributed by atoms with Crippen molar-refractivity contribution in [1.29, 1.82) is 0 Å². The number of oxazole rings is 1. The summed E-state index contributed by atoms with van der Waals surface area (Å²) in [5.41, 5.74) is 5.28. The fourth-order valence-electron chi connectivity index (χ4n) is 4.51. The Kier molecular flexibility index (Phi) is 2.90. The fourth-order valence-corrected chi connectivity index (χ4v) is 4.51. The maximum absolute atomic E-state index is 6.07. The summed E-state index contributed by atoms with van der Waals surface area (Å²) in [6.45, 7) is 14.8. The molecule has 1 aliphatic carbocycles. The average Bonchev–Trinajstić information content (AvgIpc) is 2.84. The Bertz CT molecular complexity index is 781. The van der Waals surface area contributed by atoms with Gasteiger partial charge in [-0.25, -0.2) is 4.98 Å². The van der Waals surface area contributed by atoms with Crippen LogP contribution in [-0.2, 0) is 17.3 Å². The molecule has 1 aromatic heterocycles. The third kappa shape index (κ3) is 1.95. The predicted molar refractivity (Wildman–Crippen MR) is 94.0 cm³/mol. The highest BCUT2D eigenvalue weighted by Crippen LogP contribution is 2.54. The second kappa shape index (κ2) is 4.38. The minimum atomic E-state index is -0.0554. The summed E-state index contributed by atoms with van der Waals surface area (Å²) < 4.78 is 6.07. The molecule has 1 N–H and O–H groups in total. The number of nitrogens with one attached hydrogen (secondary N) is 1. The van der Waals surface area contributed by atoms with Crippen LogP contribution >= 0.6 is 0 Å². The van der Waals surface area contributed by atoms with E-state index in [0.29, 0.717) is 6.04 Å². The lowest BCUT2D eigenvalue weighted by Crippen LogP contribution is -2.62. The zero-order valence-corrected chi connectivity index (χ0v) is 15.2. The summed E-state index contributed by atoms with van der Waals surface area (Å²) in [6.07, 6.45) is 2.26. The molecule has 0 saturated carbocycles. The molecule has 2 heterocycles. The summed E-state index contributed by atoms with van der Waals surface area (Å²) in [4.78, 5) is 4.79. The van der Waals surface area contributed by atoms with E-state index >= 15 is 0 Å². The van der Waals surface area contributed by atoms with E-state index in [1.165, 1.54) is 17.5 Å². The van der Waals surface area contributed by atoms with Gasteiger partial charge in [-0.05, 0) is 48.1 Å². The molecule has 2 atom stereocenters. The molecule has 3 heteroatoms. The Labute approximate surface area is 138 Å². The molecule has 1 saturated heterocycles. The van der Waals surface area contributed by atoms with Crippen LogP contribution in [-0.4, -0.2) is 17.6 Å². The van der Waals surface area contributed by atoms with Crippen molar-refractivity contribution in [3.8, 4) is 0 Å². The Balaban J connectivity index is 1.94. The van der Waals surface area contributed by atoms with E-state index in [-0.39, 0.29) is 16.2 Å². The Morgan fingerprint density at radius 1 is 1.22 bits per heavy atom. The molecule has 23 heavy (non-hydrogen) atoms. The molecule has 0 radical (unpaired) electrons. The number of hydrogen-bond acceptors (Lipinski definition) is 3. The molecular formula is C20H28N2O. The molecule has 1 aliphatic heterocycles. The van der Waals surface area contributed by atoms with Crippen molar-refractivity contribution < 1.29 is 4.42 Å². The van der Waals surface area contributed by atoms with Crippen LogP contribution in [0.15, 0.2) is 16.5 Å². The topological polar surface area (TPSA) is 38.1 Å². The van der Waals surface area contributed by atoms with Gasteiger partial charge in [0.2, 0.25) is 5.89 Å². The van der Waals surface area contributed by atoms with Crippen molar-refractivity contribution in [2.45, 2.75) is 71.3 Å². The van der Waals surface area contributed by atoms with Gasteiger partial charge in [0.15, 0.2) is 5.58 Å². The van der Waals surface area contributed by atoms with Crippen molar-refractivity contribution in [1.82, 2.24) is 10.3 Å². The minimum absolute atomic E-state index is 0.0554. The molecular weight excluding hydrogens is 284 g/mol. The first-order valence-electron chi connectivity index (χ1n) is 8.81. The molecule has 3 nitrogen and oxygen atoms in total. The van der Waals surface area contributed by atoms with Crippen LogP contribution in [0.3, 0.4) is 0 Å². The van der Waals surface area contributed by atoms with Crippen LogP contribution in [0, 0.1) is 5.41 Å². The van der Waals surface area contributed by atoms with Crippen molar-refractivity contribution in [2.75, 3.05) is 6.54 Å². The molecule has 0 spiro atoms. The number of fused-ring (bicyclic) bond motifs is 5. The van der Waals surface area contributed by atoms with Crippen LogP contribution in [0.1, 0.15) is 65.0 Å². The Morgan fingerprint density at radius 3 is 2.65 bits per heavy atom. The number of aromatic nitrogens is 1. The smallest absolute Gasteiger partial charge is 0.200 e. The lowest BCUT2D eigenvalue weighted by Gasteiger charge is -2.57. The number of hydrogen-bond donors (Lipinski definition) is 1. The van der Waals surface area contributed by atoms with E-state index in [0.717, 1.165) is 30.0 Å². The van der Waals surface area contributed by atoms with Gasteiger partial charge in [0.25, 0.3) is 0 Å². The number of rotatable bonds is 0. The number of piperidine rings is 1. The molecule has 4 rings (SSSR count). The largest absolute Gasteiger partial charge is 0.440 e. The van der Waals surface area contributed by atoms with Gasteiger partial charge >= 0.3 is 0 Å². The summed E-state index contributed by atoms with van der Waals surface area (Å²) in [6, 6.07) is 5.10.